The van der Waals surface area contributed by atoms with Crippen LogP contribution in [0.1, 0.15) is 17.5 Å². The topological polar surface area (TPSA) is 75.4 Å². The maximum absolute atomic E-state index is 12.2. The molecule has 2 rings (SSSR count). The first-order valence-corrected chi connectivity index (χ1v) is 6.48. The summed E-state index contributed by atoms with van der Waals surface area (Å²) >= 11 is 0. The number of anilines is 1. The van der Waals surface area contributed by atoms with Crippen LogP contribution in [0.25, 0.3) is 0 Å². The molecule has 0 unspecified atom stereocenters. The summed E-state index contributed by atoms with van der Waals surface area (Å²) in [6.45, 7) is 2.62. The van der Waals surface area contributed by atoms with Crippen molar-refractivity contribution in [3.8, 4) is 0 Å². The number of amides is 2. The van der Waals surface area contributed by atoms with E-state index in [9.17, 15) is 9.59 Å². The van der Waals surface area contributed by atoms with Gasteiger partial charge < -0.3 is 16.0 Å². The van der Waals surface area contributed by atoms with E-state index in [1.807, 2.05) is 13.0 Å². The minimum Gasteiger partial charge on any atom is -0.346 e. The normalized spacial score (nSPS) is 13.9. The highest BCUT2D eigenvalue weighted by Crippen LogP contribution is 2.27. The van der Waals surface area contributed by atoms with Crippen LogP contribution in [0.15, 0.2) is 18.2 Å². The minimum atomic E-state index is -0.310. The molecule has 2 amide bonds. The lowest BCUT2D eigenvalue weighted by Gasteiger charge is -2.30. The first kappa shape index (κ1) is 13.5. The molecule has 0 spiro atoms. The first-order valence-electron chi connectivity index (χ1n) is 6.48. The van der Waals surface area contributed by atoms with Crippen molar-refractivity contribution in [2.24, 2.45) is 5.73 Å². The van der Waals surface area contributed by atoms with Gasteiger partial charge in [0.25, 0.3) is 0 Å². The summed E-state index contributed by atoms with van der Waals surface area (Å²) < 4.78 is 0. The second kappa shape index (κ2) is 5.84. The van der Waals surface area contributed by atoms with Crippen LogP contribution in [0.5, 0.6) is 0 Å². The molecule has 0 bridgehead atoms. The summed E-state index contributed by atoms with van der Waals surface area (Å²) in [7, 11) is 0. The van der Waals surface area contributed by atoms with E-state index in [2.05, 4.69) is 17.4 Å². The second-order valence-corrected chi connectivity index (χ2v) is 4.76. The van der Waals surface area contributed by atoms with Crippen molar-refractivity contribution < 1.29 is 9.59 Å². The van der Waals surface area contributed by atoms with Gasteiger partial charge in [-0.3, -0.25) is 9.59 Å². The molecule has 1 aromatic rings. The quantitative estimate of drug-likeness (QED) is 0.824. The molecule has 0 radical (unpaired) electrons. The van der Waals surface area contributed by atoms with Crippen molar-refractivity contribution >= 4 is 17.5 Å². The molecule has 0 saturated carbocycles. The summed E-state index contributed by atoms with van der Waals surface area (Å²) in [4.78, 5) is 25.0. The second-order valence-electron chi connectivity index (χ2n) is 4.76. The molecule has 5 heteroatoms. The van der Waals surface area contributed by atoms with E-state index in [4.69, 9.17) is 5.73 Å². The predicted octanol–water partition coefficient (Wildman–Crippen LogP) is 0.349. The molecule has 102 valence electrons. The smallest absolute Gasteiger partial charge is 0.246 e. The van der Waals surface area contributed by atoms with Gasteiger partial charge in [0.05, 0.1) is 13.1 Å². The molecule has 0 aromatic heterocycles. The molecule has 19 heavy (non-hydrogen) atoms. The van der Waals surface area contributed by atoms with Gasteiger partial charge >= 0.3 is 0 Å². The van der Waals surface area contributed by atoms with Crippen LogP contribution >= 0.6 is 0 Å². The van der Waals surface area contributed by atoms with Crippen molar-refractivity contribution in [1.29, 1.82) is 0 Å². The molecule has 0 fully saturated rings. The van der Waals surface area contributed by atoms with Gasteiger partial charge in [-0.1, -0.05) is 12.1 Å². The largest absolute Gasteiger partial charge is 0.346 e. The number of fused-ring (bicyclic) bond motifs is 1. The van der Waals surface area contributed by atoms with Gasteiger partial charge in [0.1, 0.15) is 0 Å². The first-order chi connectivity index (χ1) is 9.11. The lowest BCUT2D eigenvalue weighted by Crippen LogP contribution is -2.43. The Hall–Kier alpha value is -1.88. The fourth-order valence-electron chi connectivity index (χ4n) is 2.29. The van der Waals surface area contributed by atoms with Crippen LogP contribution in [0.2, 0.25) is 0 Å². The number of hydrogen-bond acceptors (Lipinski definition) is 3. The fraction of sp³-hybridized carbons (Fsp3) is 0.429. The van der Waals surface area contributed by atoms with Gasteiger partial charge in [0.2, 0.25) is 11.8 Å². The van der Waals surface area contributed by atoms with Crippen molar-refractivity contribution in [2.75, 3.05) is 24.5 Å². The third kappa shape index (κ3) is 3.12. The Morgan fingerprint density at radius 2 is 2.21 bits per heavy atom. The number of nitrogens with two attached hydrogens (primary N) is 1. The molecule has 1 aliphatic rings. The molecular weight excluding hydrogens is 242 g/mol. The Morgan fingerprint density at radius 3 is 2.95 bits per heavy atom. The van der Waals surface area contributed by atoms with Crippen molar-refractivity contribution in [2.45, 2.75) is 19.8 Å². The molecular formula is C14H19N3O2. The number of carbonyl (C=O) groups is 2. The minimum absolute atomic E-state index is 0.00339. The average molecular weight is 261 g/mol. The SMILES string of the molecule is Cc1ccc2c(c1)N(C(=O)CNC(=O)CN)CCC2. The number of hydrogen-bond donors (Lipinski definition) is 2. The summed E-state index contributed by atoms with van der Waals surface area (Å²) in [6.07, 6.45) is 1.95. The zero-order valence-electron chi connectivity index (χ0n) is 11.1. The maximum atomic E-state index is 12.2. The fourth-order valence-corrected chi connectivity index (χ4v) is 2.29. The monoisotopic (exact) mass is 261 g/mol. The van der Waals surface area contributed by atoms with Gasteiger partial charge in [-0.25, -0.2) is 0 Å². The van der Waals surface area contributed by atoms with E-state index in [0.717, 1.165) is 24.1 Å². The van der Waals surface area contributed by atoms with Gasteiger partial charge in [0, 0.05) is 12.2 Å². The standard InChI is InChI=1S/C14H19N3O2/c1-10-4-5-11-3-2-6-17(12(11)7-10)14(19)9-16-13(18)8-15/h4-5,7H,2-3,6,8-9,15H2,1H3,(H,16,18). The predicted molar refractivity (Wildman–Crippen MR) is 73.9 cm³/mol. The number of nitrogens with one attached hydrogen (secondary N) is 1. The maximum Gasteiger partial charge on any atom is 0.246 e. The molecule has 1 aliphatic heterocycles. The highest BCUT2D eigenvalue weighted by Gasteiger charge is 2.22. The molecule has 0 saturated heterocycles. The summed E-state index contributed by atoms with van der Waals surface area (Å²) in [6, 6.07) is 6.16. The van der Waals surface area contributed by atoms with Gasteiger partial charge in [-0.05, 0) is 37.0 Å². The average Bonchev–Trinajstić information content (AvgIpc) is 2.43. The van der Waals surface area contributed by atoms with Crippen LogP contribution in [0.4, 0.5) is 5.69 Å². The molecule has 1 aromatic carbocycles. The van der Waals surface area contributed by atoms with E-state index < -0.39 is 0 Å². The Morgan fingerprint density at radius 1 is 1.42 bits per heavy atom. The van der Waals surface area contributed by atoms with E-state index in [0.29, 0.717) is 6.54 Å². The van der Waals surface area contributed by atoms with E-state index in [1.54, 1.807) is 4.90 Å². The Balaban J connectivity index is 2.12. The van der Waals surface area contributed by atoms with E-state index in [-0.39, 0.29) is 24.9 Å². The van der Waals surface area contributed by atoms with Crippen LogP contribution in [0.3, 0.4) is 0 Å². The molecule has 0 atom stereocenters. The third-order valence-electron chi connectivity index (χ3n) is 3.28. The summed E-state index contributed by atoms with van der Waals surface area (Å²) in [5, 5.41) is 2.52. The molecule has 1 heterocycles. The number of aryl methyl sites for hydroxylation is 2. The number of rotatable bonds is 3. The zero-order chi connectivity index (χ0) is 13.8. The Kier molecular flexibility index (Phi) is 4.16. The number of benzene rings is 1. The lowest BCUT2D eigenvalue weighted by molar-refractivity contribution is -0.124. The molecule has 5 nitrogen and oxygen atoms in total. The van der Waals surface area contributed by atoms with Gasteiger partial charge in [-0.2, -0.15) is 0 Å². The van der Waals surface area contributed by atoms with Crippen molar-refractivity contribution in [1.82, 2.24) is 5.32 Å². The third-order valence-corrected chi connectivity index (χ3v) is 3.28. The van der Waals surface area contributed by atoms with Gasteiger partial charge in [-0.15, -0.1) is 0 Å². The van der Waals surface area contributed by atoms with Crippen LogP contribution < -0.4 is 16.0 Å². The molecule has 0 aliphatic carbocycles. The number of carbonyl (C=O) groups excluding carboxylic acids is 2. The molecule has 3 N–H and O–H groups in total. The zero-order valence-corrected chi connectivity index (χ0v) is 11.1. The van der Waals surface area contributed by atoms with Crippen molar-refractivity contribution in [3.63, 3.8) is 0 Å². The van der Waals surface area contributed by atoms with Crippen LogP contribution in [-0.4, -0.2) is 31.4 Å². The van der Waals surface area contributed by atoms with E-state index >= 15 is 0 Å². The Labute approximate surface area is 112 Å². The van der Waals surface area contributed by atoms with Crippen molar-refractivity contribution in [3.05, 3.63) is 29.3 Å². The van der Waals surface area contributed by atoms with Crippen LogP contribution in [-0.2, 0) is 16.0 Å². The Bertz CT molecular complexity index is 499. The van der Waals surface area contributed by atoms with Gasteiger partial charge in [0.15, 0.2) is 0 Å². The summed E-state index contributed by atoms with van der Waals surface area (Å²) in [5.41, 5.74) is 8.49. The van der Waals surface area contributed by atoms with Crippen LogP contribution in [0, 0.1) is 6.92 Å². The lowest BCUT2D eigenvalue weighted by atomic mass is 10.00. The highest BCUT2D eigenvalue weighted by atomic mass is 16.2. The highest BCUT2D eigenvalue weighted by molar-refractivity contribution is 5.97. The number of nitrogens with zero attached hydrogens (tertiary/aromatic N) is 1. The summed E-state index contributed by atoms with van der Waals surface area (Å²) in [5.74, 6) is -0.400. The van der Waals surface area contributed by atoms with E-state index in [1.165, 1.54) is 5.56 Å².